The van der Waals surface area contributed by atoms with Crippen LogP contribution in [-0.4, -0.2) is 15.0 Å². The molecule has 7 nitrogen and oxygen atoms in total. The van der Waals surface area contributed by atoms with Crippen LogP contribution < -0.4 is 4.90 Å². The third-order valence-electron chi connectivity index (χ3n) is 9.72. The second-order valence-corrected chi connectivity index (χ2v) is 13.4. The Morgan fingerprint density at radius 1 is 0.500 bits per heavy atom. The monoisotopic (exact) mass is 752 g/mol. The molecule has 0 aliphatic heterocycles. The first kappa shape index (κ1) is 35.7. The van der Waals surface area contributed by atoms with E-state index >= 15 is 0 Å². The minimum absolute atomic E-state index is 0.484. The summed E-state index contributed by atoms with van der Waals surface area (Å²) in [4.78, 5) is 16.2. The largest absolute Gasteiger partial charge is 0.446 e. The third-order valence-corrected chi connectivity index (χ3v) is 9.72. The summed E-state index contributed by atoms with van der Waals surface area (Å²) >= 11 is 0. The van der Waals surface area contributed by atoms with Gasteiger partial charge in [0.1, 0.15) is 11.0 Å². The number of aromatic nitrogens is 3. The molecule has 0 aliphatic carbocycles. The lowest BCUT2D eigenvalue weighted by Crippen LogP contribution is -2.09. The first-order chi connectivity index (χ1) is 28.6. The molecule has 6 aromatic carbocycles. The zero-order valence-electron chi connectivity index (χ0n) is 31.4. The molecule has 7 heteroatoms. The lowest BCUT2D eigenvalue weighted by molar-refractivity contribution is 0.553. The predicted octanol–water partition coefficient (Wildman–Crippen LogP) is 14.0. The average molecular weight is 753 g/mol. The second kappa shape index (κ2) is 16.0. The smallest absolute Gasteiger partial charge is 0.227 e. The number of hydrogen-bond donors (Lipinski definition) is 0. The van der Waals surface area contributed by atoms with Gasteiger partial charge < -0.3 is 18.2 Å². The number of allylic oxidation sites excluding steroid dienone is 4. The highest BCUT2D eigenvalue weighted by molar-refractivity contribution is 5.87. The molecule has 0 aliphatic rings. The summed E-state index contributed by atoms with van der Waals surface area (Å²) in [6, 6.07) is 54.8. The number of fused-ring (bicyclic) bond motifs is 2. The molecule has 0 saturated heterocycles. The minimum Gasteiger partial charge on any atom is -0.446 e. The van der Waals surface area contributed by atoms with Gasteiger partial charge in [0.2, 0.25) is 17.7 Å². The number of hydrogen-bond acceptors (Lipinski definition) is 7. The van der Waals surface area contributed by atoms with Crippen LogP contribution in [0.3, 0.4) is 0 Å². The van der Waals surface area contributed by atoms with Gasteiger partial charge in [0.15, 0.2) is 11.2 Å². The van der Waals surface area contributed by atoms with Crippen LogP contribution in [0.2, 0.25) is 0 Å². The van der Waals surface area contributed by atoms with Crippen LogP contribution in [0.5, 0.6) is 0 Å². The molecule has 9 aromatic rings. The van der Waals surface area contributed by atoms with Gasteiger partial charge >= 0.3 is 0 Å². The van der Waals surface area contributed by atoms with E-state index < -0.39 is 0 Å². The maximum Gasteiger partial charge on any atom is 0.227 e. The molecule has 3 heterocycles. The zero-order chi connectivity index (χ0) is 39.3. The van der Waals surface area contributed by atoms with Gasteiger partial charge in [-0.1, -0.05) is 104 Å². The van der Waals surface area contributed by atoms with Gasteiger partial charge in [0, 0.05) is 46.0 Å². The summed E-state index contributed by atoms with van der Waals surface area (Å²) in [5.74, 6) is 1.62. The van der Waals surface area contributed by atoms with Crippen molar-refractivity contribution in [2.24, 2.45) is 0 Å². The van der Waals surface area contributed by atoms with Crippen LogP contribution in [-0.2, 0) is 0 Å². The molecule has 3 aromatic heterocycles. The summed E-state index contributed by atoms with van der Waals surface area (Å²) in [6.45, 7) is 7.74. The summed E-state index contributed by atoms with van der Waals surface area (Å²) < 4.78 is 18.3. The quantitative estimate of drug-likeness (QED) is 0.129. The Morgan fingerprint density at radius 2 is 1.07 bits per heavy atom. The van der Waals surface area contributed by atoms with E-state index in [1.807, 2.05) is 109 Å². The SMILES string of the molecule is C=C/C=C(\C=C)c1nc2ccc(N(c3ccc(-c4cccoc(-c5ccccc5)ncc4)cc3)c3ccc(-c4ccc5nc(-c6ccccc6)oc5c4)cc3)cc2o1. The lowest BCUT2D eigenvalue weighted by atomic mass is 10.0. The predicted molar refractivity (Wildman–Crippen MR) is 234 cm³/mol. The molecule has 0 amide bonds. The van der Waals surface area contributed by atoms with E-state index in [0.717, 1.165) is 72.6 Å². The van der Waals surface area contributed by atoms with E-state index in [2.05, 4.69) is 83.7 Å². The number of anilines is 3. The van der Waals surface area contributed by atoms with E-state index in [0.29, 0.717) is 23.3 Å². The van der Waals surface area contributed by atoms with E-state index in [1.54, 1.807) is 24.6 Å². The summed E-state index contributed by atoms with van der Waals surface area (Å²) in [6.07, 6.45) is 8.66. The molecule has 0 atom stereocenters. The number of rotatable bonds is 10. The highest BCUT2D eigenvalue weighted by Crippen LogP contribution is 2.39. The molecule has 0 bridgehead atoms. The topological polar surface area (TPSA) is 81.3 Å². The molecule has 0 fully saturated rings. The van der Waals surface area contributed by atoms with Crippen molar-refractivity contribution in [3.05, 3.63) is 214 Å². The van der Waals surface area contributed by atoms with E-state index in [4.69, 9.17) is 23.2 Å². The van der Waals surface area contributed by atoms with Gasteiger partial charge in [0.25, 0.3) is 0 Å². The van der Waals surface area contributed by atoms with Crippen molar-refractivity contribution in [1.29, 1.82) is 0 Å². The molecule has 0 saturated carbocycles. The van der Waals surface area contributed by atoms with Crippen LogP contribution in [0.1, 0.15) is 5.89 Å². The Balaban J connectivity index is 1.07. The standard InChI is InChI=1S/C51H36N4O3/c1-3-12-35(4-2)50-53-46-29-27-44(34-48(46)58-50)55(42-23-18-37(19-24-42)36-17-11-32-56-49(52-31-30-36)39-13-7-5-8-14-39)43-25-20-38(21-26-43)41-22-28-45-47(33-41)57-51(54-45)40-15-9-6-10-16-40/h3-34H,1-2H2/b31-30?,32-11?,35-12+,36-17?,52-49?. The van der Waals surface area contributed by atoms with E-state index in [1.165, 1.54) is 0 Å². The second-order valence-electron chi connectivity index (χ2n) is 13.4. The van der Waals surface area contributed by atoms with Crippen molar-refractivity contribution in [2.75, 3.05) is 4.90 Å². The van der Waals surface area contributed by atoms with Crippen molar-refractivity contribution >= 4 is 44.8 Å². The molecule has 278 valence electrons. The van der Waals surface area contributed by atoms with Crippen molar-refractivity contribution < 1.29 is 13.3 Å². The maximum atomic E-state index is 6.26. The Kier molecular flexibility index (Phi) is 9.83. The number of nitrogens with zero attached hydrogens (tertiary/aromatic N) is 4. The average Bonchev–Trinajstić information content (AvgIpc) is 3.93. The Labute approximate surface area is 335 Å². The van der Waals surface area contributed by atoms with Crippen molar-refractivity contribution in [3.63, 3.8) is 0 Å². The molecule has 0 unspecified atom stereocenters. The highest BCUT2D eigenvalue weighted by atomic mass is 16.4. The number of oxazole rings is 2. The van der Waals surface area contributed by atoms with Crippen molar-refractivity contribution in [3.8, 4) is 45.2 Å². The van der Waals surface area contributed by atoms with Crippen LogP contribution in [0, 0.1) is 0 Å². The van der Waals surface area contributed by atoms with Crippen LogP contribution >= 0.6 is 0 Å². The normalized spacial score (nSPS) is 11.3. The highest BCUT2D eigenvalue weighted by Gasteiger charge is 2.17. The van der Waals surface area contributed by atoms with Gasteiger partial charge in [-0.3, -0.25) is 0 Å². The Hall–Kier alpha value is -8.03. The minimum atomic E-state index is 0.484. The molecule has 9 rings (SSSR count). The van der Waals surface area contributed by atoms with Crippen LogP contribution in [0.4, 0.5) is 17.1 Å². The Morgan fingerprint density at radius 3 is 1.76 bits per heavy atom. The summed E-state index contributed by atoms with van der Waals surface area (Å²) in [7, 11) is 0. The van der Waals surface area contributed by atoms with E-state index in [-0.39, 0.29) is 0 Å². The summed E-state index contributed by atoms with van der Waals surface area (Å²) in [5.41, 5.74) is 12.5. The van der Waals surface area contributed by atoms with Crippen molar-refractivity contribution in [1.82, 2.24) is 15.0 Å². The zero-order valence-corrected chi connectivity index (χ0v) is 31.4. The maximum absolute atomic E-state index is 6.26. The molecule has 0 N–H and O–H groups in total. The van der Waals surface area contributed by atoms with Gasteiger partial charge in [-0.2, -0.15) is 0 Å². The van der Waals surface area contributed by atoms with Gasteiger partial charge in [-0.15, -0.1) is 0 Å². The first-order valence-corrected chi connectivity index (χ1v) is 18.8. The molecule has 0 radical (unpaired) electrons. The van der Waals surface area contributed by atoms with Gasteiger partial charge in [-0.25, -0.2) is 15.0 Å². The van der Waals surface area contributed by atoms with E-state index in [9.17, 15) is 0 Å². The summed E-state index contributed by atoms with van der Waals surface area (Å²) in [5, 5.41) is 0. The van der Waals surface area contributed by atoms with Crippen LogP contribution in [0.15, 0.2) is 221 Å². The molecule has 58 heavy (non-hydrogen) atoms. The fourth-order valence-corrected chi connectivity index (χ4v) is 6.82. The third kappa shape index (κ3) is 7.35. The molecule has 0 spiro atoms. The van der Waals surface area contributed by atoms with Gasteiger partial charge in [0.05, 0.1) is 6.26 Å². The van der Waals surface area contributed by atoms with Crippen LogP contribution in [0.25, 0.3) is 72.9 Å². The molecular weight excluding hydrogens is 717 g/mol. The first-order valence-electron chi connectivity index (χ1n) is 18.8. The number of benzene rings is 6. The Bertz CT molecular complexity index is 2890. The van der Waals surface area contributed by atoms with Crippen molar-refractivity contribution in [2.45, 2.75) is 0 Å². The molecular formula is C51H36N4O3. The van der Waals surface area contributed by atoms with Gasteiger partial charge in [-0.05, 0) is 107 Å². The fourth-order valence-electron chi connectivity index (χ4n) is 6.82. The lowest BCUT2D eigenvalue weighted by Gasteiger charge is -2.26. The fraction of sp³-hybridized carbons (Fsp3) is 0.